The lowest BCUT2D eigenvalue weighted by atomic mass is 10.0. The van der Waals surface area contributed by atoms with Crippen molar-refractivity contribution in [3.8, 4) is 0 Å². The van der Waals surface area contributed by atoms with E-state index in [1.807, 2.05) is 6.92 Å². The van der Waals surface area contributed by atoms with Crippen LogP contribution in [0.25, 0.3) is 0 Å². The van der Waals surface area contributed by atoms with E-state index in [0.717, 1.165) is 0 Å². The summed E-state index contributed by atoms with van der Waals surface area (Å²) >= 11 is 0. The number of amides is 3. The predicted octanol–water partition coefficient (Wildman–Crippen LogP) is 1.36. The van der Waals surface area contributed by atoms with Crippen LogP contribution in [0.2, 0.25) is 0 Å². The summed E-state index contributed by atoms with van der Waals surface area (Å²) in [7, 11) is 0. The number of benzene rings is 1. The summed E-state index contributed by atoms with van der Waals surface area (Å²) in [5, 5.41) is 14.5. The number of rotatable bonds is 5. The first kappa shape index (κ1) is 18.2. The van der Waals surface area contributed by atoms with Crippen molar-refractivity contribution < 1.29 is 19.1 Å². The van der Waals surface area contributed by atoms with Crippen molar-refractivity contribution in [2.45, 2.75) is 25.8 Å². The van der Waals surface area contributed by atoms with E-state index in [0.29, 0.717) is 32.5 Å². The Morgan fingerprint density at radius 3 is 2.62 bits per heavy atom. The fraction of sp³-hybridized carbons (Fsp3) is 0.529. The number of aliphatic hydroxyl groups excluding tert-OH is 1. The minimum absolute atomic E-state index is 0.0102. The zero-order valence-corrected chi connectivity index (χ0v) is 13.8. The monoisotopic (exact) mass is 337 g/mol. The fourth-order valence-electron chi connectivity index (χ4n) is 2.60. The van der Waals surface area contributed by atoms with E-state index in [2.05, 4.69) is 10.6 Å². The zero-order valence-electron chi connectivity index (χ0n) is 13.8. The molecule has 0 aliphatic carbocycles. The van der Waals surface area contributed by atoms with Gasteiger partial charge in [-0.3, -0.25) is 4.79 Å². The van der Waals surface area contributed by atoms with Crippen molar-refractivity contribution in [2.75, 3.05) is 26.2 Å². The Morgan fingerprint density at radius 2 is 2.00 bits per heavy atom. The molecule has 2 rings (SSSR count). The first-order chi connectivity index (χ1) is 11.5. The first-order valence-corrected chi connectivity index (χ1v) is 8.20. The zero-order chi connectivity index (χ0) is 17.5. The Kier molecular flexibility index (Phi) is 6.54. The molecule has 0 saturated carbocycles. The van der Waals surface area contributed by atoms with Gasteiger partial charge in [-0.2, -0.15) is 0 Å². The molecule has 1 heterocycles. The van der Waals surface area contributed by atoms with Gasteiger partial charge in [0, 0.05) is 32.3 Å². The van der Waals surface area contributed by atoms with Gasteiger partial charge in [0.1, 0.15) is 5.82 Å². The highest BCUT2D eigenvalue weighted by molar-refractivity contribution is 5.94. The average Bonchev–Trinajstić information content (AvgIpc) is 2.60. The maximum Gasteiger partial charge on any atom is 0.315 e. The van der Waals surface area contributed by atoms with E-state index >= 15 is 0 Å². The smallest absolute Gasteiger partial charge is 0.315 e. The molecule has 0 aromatic heterocycles. The molecule has 1 aromatic carbocycles. The van der Waals surface area contributed by atoms with E-state index in [1.165, 1.54) is 12.1 Å². The topological polar surface area (TPSA) is 81.7 Å². The van der Waals surface area contributed by atoms with Gasteiger partial charge in [-0.05, 0) is 30.9 Å². The number of urea groups is 1. The minimum atomic E-state index is -0.514. The normalized spacial score (nSPS) is 16.5. The lowest BCUT2D eigenvalue weighted by molar-refractivity contribution is 0.0703. The van der Waals surface area contributed by atoms with Crippen molar-refractivity contribution in [2.24, 2.45) is 5.92 Å². The largest absolute Gasteiger partial charge is 0.396 e. The molecule has 1 aliphatic rings. The summed E-state index contributed by atoms with van der Waals surface area (Å²) < 4.78 is 13.7. The van der Waals surface area contributed by atoms with Crippen LogP contribution in [0.1, 0.15) is 30.1 Å². The SMILES string of the molecule is C[C@H](CO)CNC(=O)NC1CCN(C(=O)c2ccccc2F)CC1. The van der Waals surface area contributed by atoms with Crippen LogP contribution in [-0.2, 0) is 0 Å². The standard InChI is InChI=1S/C17H24FN3O3/c1-12(11-22)10-19-17(24)20-13-6-8-21(9-7-13)16(23)14-4-2-3-5-15(14)18/h2-5,12-13,22H,6-11H2,1H3,(H2,19,20,24)/t12-/m0/s1. The number of halogens is 1. The maximum atomic E-state index is 13.7. The predicted molar refractivity (Wildman–Crippen MR) is 88.1 cm³/mol. The van der Waals surface area contributed by atoms with Crippen LogP contribution in [0, 0.1) is 11.7 Å². The number of likely N-dealkylation sites (tertiary alicyclic amines) is 1. The maximum absolute atomic E-state index is 13.7. The number of aliphatic hydroxyl groups is 1. The molecule has 0 bridgehead atoms. The van der Waals surface area contributed by atoms with Crippen LogP contribution in [0.4, 0.5) is 9.18 Å². The minimum Gasteiger partial charge on any atom is -0.396 e. The molecule has 3 amide bonds. The van der Waals surface area contributed by atoms with E-state index in [-0.39, 0.29) is 36.1 Å². The van der Waals surface area contributed by atoms with Crippen LogP contribution in [0.3, 0.4) is 0 Å². The second-order valence-electron chi connectivity index (χ2n) is 6.19. The summed E-state index contributed by atoms with van der Waals surface area (Å²) in [5.74, 6) is -0.816. The van der Waals surface area contributed by atoms with Crippen LogP contribution in [0.15, 0.2) is 24.3 Å². The highest BCUT2D eigenvalue weighted by Gasteiger charge is 2.25. The Bertz CT molecular complexity index is 574. The summed E-state index contributed by atoms with van der Waals surface area (Å²) in [6, 6.07) is 5.67. The number of carbonyl (C=O) groups excluding carboxylic acids is 2. The first-order valence-electron chi connectivity index (χ1n) is 8.20. The molecule has 1 saturated heterocycles. The van der Waals surface area contributed by atoms with Gasteiger partial charge in [-0.1, -0.05) is 19.1 Å². The van der Waals surface area contributed by atoms with Crippen molar-refractivity contribution in [1.29, 1.82) is 0 Å². The van der Waals surface area contributed by atoms with E-state index in [4.69, 9.17) is 5.11 Å². The summed E-state index contributed by atoms with van der Waals surface area (Å²) in [5.41, 5.74) is 0.0830. The highest BCUT2D eigenvalue weighted by atomic mass is 19.1. The Balaban J connectivity index is 1.78. The number of nitrogens with zero attached hydrogens (tertiary/aromatic N) is 1. The second kappa shape index (κ2) is 8.63. The highest BCUT2D eigenvalue weighted by Crippen LogP contribution is 2.16. The molecule has 1 aromatic rings. The van der Waals surface area contributed by atoms with Crippen molar-refractivity contribution in [1.82, 2.24) is 15.5 Å². The molecule has 1 atom stereocenters. The average molecular weight is 337 g/mol. The Hall–Kier alpha value is -2.15. The molecule has 1 fully saturated rings. The quantitative estimate of drug-likeness (QED) is 0.759. The van der Waals surface area contributed by atoms with Crippen molar-refractivity contribution >= 4 is 11.9 Å². The van der Waals surface area contributed by atoms with Gasteiger partial charge < -0.3 is 20.6 Å². The third-order valence-corrected chi connectivity index (χ3v) is 4.14. The number of piperidine rings is 1. The second-order valence-corrected chi connectivity index (χ2v) is 6.19. The Labute approximate surface area is 141 Å². The fourth-order valence-corrected chi connectivity index (χ4v) is 2.60. The molecular weight excluding hydrogens is 313 g/mol. The molecule has 6 nitrogen and oxygen atoms in total. The molecule has 7 heteroatoms. The van der Waals surface area contributed by atoms with E-state index in [1.54, 1.807) is 17.0 Å². The molecule has 0 radical (unpaired) electrons. The van der Waals surface area contributed by atoms with Gasteiger partial charge >= 0.3 is 6.03 Å². The summed E-state index contributed by atoms with van der Waals surface area (Å²) in [4.78, 5) is 25.7. The van der Waals surface area contributed by atoms with Crippen LogP contribution < -0.4 is 10.6 Å². The van der Waals surface area contributed by atoms with Crippen molar-refractivity contribution in [3.63, 3.8) is 0 Å². The Morgan fingerprint density at radius 1 is 1.33 bits per heavy atom. The molecule has 0 spiro atoms. The molecular formula is C17H24FN3O3. The number of nitrogens with one attached hydrogen (secondary N) is 2. The van der Waals surface area contributed by atoms with Gasteiger partial charge in [0.25, 0.3) is 5.91 Å². The molecule has 1 aliphatic heterocycles. The van der Waals surface area contributed by atoms with Gasteiger partial charge in [0.05, 0.1) is 5.56 Å². The van der Waals surface area contributed by atoms with Crippen LogP contribution >= 0.6 is 0 Å². The lowest BCUT2D eigenvalue weighted by Gasteiger charge is -2.32. The summed E-state index contributed by atoms with van der Waals surface area (Å²) in [6.07, 6.45) is 1.26. The number of hydrogen-bond donors (Lipinski definition) is 3. The number of hydrogen-bond acceptors (Lipinski definition) is 3. The van der Waals surface area contributed by atoms with Gasteiger partial charge in [-0.15, -0.1) is 0 Å². The van der Waals surface area contributed by atoms with Crippen LogP contribution in [0.5, 0.6) is 0 Å². The third kappa shape index (κ3) is 4.92. The molecule has 132 valence electrons. The lowest BCUT2D eigenvalue weighted by Crippen LogP contribution is -2.49. The van der Waals surface area contributed by atoms with Crippen LogP contribution in [-0.4, -0.2) is 54.2 Å². The summed E-state index contributed by atoms with van der Waals surface area (Å²) in [6.45, 7) is 3.23. The third-order valence-electron chi connectivity index (χ3n) is 4.14. The van der Waals surface area contributed by atoms with Crippen molar-refractivity contribution in [3.05, 3.63) is 35.6 Å². The molecule has 24 heavy (non-hydrogen) atoms. The van der Waals surface area contributed by atoms with E-state index < -0.39 is 5.82 Å². The van der Waals surface area contributed by atoms with Gasteiger partial charge in [0.2, 0.25) is 0 Å². The molecule has 3 N–H and O–H groups in total. The van der Waals surface area contributed by atoms with E-state index in [9.17, 15) is 14.0 Å². The van der Waals surface area contributed by atoms with Gasteiger partial charge in [-0.25, -0.2) is 9.18 Å². The molecule has 0 unspecified atom stereocenters. The van der Waals surface area contributed by atoms with Gasteiger partial charge in [0.15, 0.2) is 0 Å². The number of carbonyl (C=O) groups is 2.